The molecule has 7 heteroatoms. The van der Waals surface area contributed by atoms with Gasteiger partial charge < -0.3 is 14.7 Å². The van der Waals surface area contributed by atoms with Crippen molar-refractivity contribution in [3.05, 3.63) is 66.3 Å². The van der Waals surface area contributed by atoms with Crippen LogP contribution in [0.1, 0.15) is 31.2 Å². The molecular weight excluding hydrogens is 347 g/mol. The van der Waals surface area contributed by atoms with Crippen LogP contribution in [0, 0.1) is 5.82 Å². The maximum atomic E-state index is 13.4. The minimum Gasteiger partial charge on any atom is -0.337 e. The number of nitrogens with one attached hydrogen (secondary N) is 1. The van der Waals surface area contributed by atoms with Gasteiger partial charge in [0.05, 0.1) is 0 Å². The molecule has 27 heavy (non-hydrogen) atoms. The van der Waals surface area contributed by atoms with Crippen molar-refractivity contribution < 1.29 is 13.7 Å². The van der Waals surface area contributed by atoms with Crippen molar-refractivity contribution in [2.45, 2.75) is 25.3 Å². The van der Waals surface area contributed by atoms with E-state index in [0.29, 0.717) is 23.9 Å². The highest BCUT2D eigenvalue weighted by atomic mass is 19.1. The van der Waals surface area contributed by atoms with Crippen LogP contribution in [-0.4, -0.2) is 27.6 Å². The Bertz CT molecular complexity index is 928. The molecule has 6 nitrogen and oxygen atoms in total. The number of amides is 2. The summed E-state index contributed by atoms with van der Waals surface area (Å²) in [5.41, 5.74) is 1.28. The summed E-state index contributed by atoms with van der Waals surface area (Å²) >= 11 is 0. The van der Waals surface area contributed by atoms with Gasteiger partial charge in [-0.15, -0.1) is 0 Å². The molecule has 0 bridgehead atoms. The minimum absolute atomic E-state index is 0.294. The van der Waals surface area contributed by atoms with Crippen molar-refractivity contribution in [2.75, 3.05) is 11.9 Å². The number of aromatic nitrogens is 2. The van der Waals surface area contributed by atoms with Gasteiger partial charge in [-0.3, -0.25) is 0 Å². The van der Waals surface area contributed by atoms with Crippen LogP contribution >= 0.6 is 0 Å². The average molecular weight is 366 g/mol. The second-order valence-corrected chi connectivity index (χ2v) is 6.47. The number of anilines is 1. The predicted octanol–water partition coefficient (Wildman–Crippen LogP) is 4.63. The van der Waals surface area contributed by atoms with Gasteiger partial charge in [0, 0.05) is 17.8 Å². The van der Waals surface area contributed by atoms with Crippen LogP contribution in [0.15, 0.2) is 59.1 Å². The summed E-state index contributed by atoms with van der Waals surface area (Å²) in [7, 11) is 0. The second-order valence-electron chi connectivity index (χ2n) is 6.47. The van der Waals surface area contributed by atoms with Gasteiger partial charge in [-0.2, -0.15) is 4.98 Å². The molecule has 0 saturated carbocycles. The van der Waals surface area contributed by atoms with Crippen molar-refractivity contribution in [2.24, 2.45) is 0 Å². The Hall–Kier alpha value is -3.22. The van der Waals surface area contributed by atoms with Crippen LogP contribution in [0.2, 0.25) is 0 Å². The van der Waals surface area contributed by atoms with Gasteiger partial charge in [-0.05, 0) is 37.5 Å². The molecular formula is C20H19FN4O2. The Morgan fingerprint density at radius 1 is 1.15 bits per heavy atom. The molecule has 4 rings (SSSR count). The maximum absolute atomic E-state index is 13.4. The van der Waals surface area contributed by atoms with Crippen LogP contribution in [0.4, 0.5) is 14.9 Å². The van der Waals surface area contributed by atoms with Gasteiger partial charge in [0.1, 0.15) is 11.9 Å². The summed E-state index contributed by atoms with van der Waals surface area (Å²) in [5.74, 6) is 0.525. The third-order valence-corrected chi connectivity index (χ3v) is 4.60. The lowest BCUT2D eigenvalue weighted by atomic mass is 10.0. The number of likely N-dealkylation sites (tertiary alicyclic amines) is 1. The van der Waals surface area contributed by atoms with Crippen molar-refractivity contribution in [3.63, 3.8) is 0 Å². The normalized spacial score (nSPS) is 16.9. The number of urea groups is 1. The van der Waals surface area contributed by atoms with E-state index in [-0.39, 0.29) is 12.1 Å². The lowest BCUT2D eigenvalue weighted by Gasteiger charge is -2.33. The third kappa shape index (κ3) is 3.81. The molecule has 1 aliphatic rings. The molecule has 1 aromatic heterocycles. The summed E-state index contributed by atoms with van der Waals surface area (Å²) in [6.45, 7) is 0.578. The third-order valence-electron chi connectivity index (χ3n) is 4.60. The first-order chi connectivity index (χ1) is 13.2. The quantitative estimate of drug-likeness (QED) is 0.733. The summed E-state index contributed by atoms with van der Waals surface area (Å²) in [5, 5.41) is 6.80. The van der Waals surface area contributed by atoms with E-state index in [4.69, 9.17) is 4.52 Å². The number of halogens is 1. The molecule has 1 saturated heterocycles. The Morgan fingerprint density at radius 3 is 2.81 bits per heavy atom. The number of nitrogens with zero attached hydrogens (tertiary/aromatic N) is 3. The largest absolute Gasteiger partial charge is 0.337 e. The lowest BCUT2D eigenvalue weighted by Crippen LogP contribution is -2.41. The first kappa shape index (κ1) is 17.2. The van der Waals surface area contributed by atoms with E-state index < -0.39 is 5.82 Å². The molecule has 2 heterocycles. The number of carbonyl (C=O) groups is 1. The molecule has 1 fully saturated rings. The Balaban J connectivity index is 1.54. The Kier molecular flexibility index (Phi) is 4.82. The van der Waals surface area contributed by atoms with Crippen molar-refractivity contribution >= 4 is 11.7 Å². The molecule has 0 unspecified atom stereocenters. The summed E-state index contributed by atoms with van der Waals surface area (Å²) in [6, 6.07) is 14.8. The fourth-order valence-corrected chi connectivity index (χ4v) is 3.27. The lowest BCUT2D eigenvalue weighted by molar-refractivity contribution is 0.142. The Morgan fingerprint density at radius 2 is 2.00 bits per heavy atom. The van der Waals surface area contributed by atoms with Crippen molar-refractivity contribution in [1.29, 1.82) is 0 Å². The number of hydrogen-bond acceptors (Lipinski definition) is 4. The van der Waals surface area contributed by atoms with Gasteiger partial charge in [0.25, 0.3) is 0 Å². The van der Waals surface area contributed by atoms with Crippen molar-refractivity contribution in [1.82, 2.24) is 15.0 Å². The first-order valence-electron chi connectivity index (χ1n) is 8.93. The molecule has 1 aliphatic heterocycles. The summed E-state index contributed by atoms with van der Waals surface area (Å²) in [4.78, 5) is 18.9. The number of hydrogen-bond donors (Lipinski definition) is 1. The standard InChI is InChI=1S/C20H19FN4O2/c21-15-9-6-10-16(13-15)22-20(26)25-12-5-4-11-17(25)19-23-18(24-27-19)14-7-2-1-3-8-14/h1-3,6-10,13,17H,4-5,11-12H2,(H,22,26)/t17-/m0/s1. The molecule has 1 N–H and O–H groups in total. The smallest absolute Gasteiger partial charge is 0.322 e. The monoisotopic (exact) mass is 366 g/mol. The molecule has 0 radical (unpaired) electrons. The molecule has 3 aromatic rings. The van der Waals surface area contributed by atoms with Crippen LogP contribution in [-0.2, 0) is 0 Å². The van der Waals surface area contributed by atoms with Crippen LogP contribution < -0.4 is 5.32 Å². The summed E-state index contributed by atoms with van der Waals surface area (Å²) in [6.07, 6.45) is 2.61. The number of rotatable bonds is 3. The van der Waals surface area contributed by atoms with Gasteiger partial charge >= 0.3 is 6.03 Å². The number of benzene rings is 2. The van der Waals surface area contributed by atoms with Crippen LogP contribution in [0.25, 0.3) is 11.4 Å². The summed E-state index contributed by atoms with van der Waals surface area (Å²) < 4.78 is 18.8. The fourth-order valence-electron chi connectivity index (χ4n) is 3.27. The molecule has 2 amide bonds. The van der Waals surface area contributed by atoms with E-state index in [1.54, 1.807) is 17.0 Å². The topological polar surface area (TPSA) is 71.3 Å². The van der Waals surface area contributed by atoms with Gasteiger partial charge in [0.15, 0.2) is 0 Å². The van der Waals surface area contributed by atoms with Crippen LogP contribution in [0.5, 0.6) is 0 Å². The average Bonchev–Trinajstić information content (AvgIpc) is 3.19. The first-order valence-corrected chi connectivity index (χ1v) is 8.93. The fraction of sp³-hybridized carbons (Fsp3) is 0.250. The maximum Gasteiger partial charge on any atom is 0.322 e. The second kappa shape index (κ2) is 7.57. The van der Waals surface area contributed by atoms with E-state index in [0.717, 1.165) is 24.8 Å². The van der Waals surface area contributed by atoms with E-state index in [2.05, 4.69) is 15.5 Å². The highest BCUT2D eigenvalue weighted by Gasteiger charge is 2.32. The molecule has 0 spiro atoms. The molecule has 1 atom stereocenters. The molecule has 2 aromatic carbocycles. The minimum atomic E-state index is -0.396. The highest BCUT2D eigenvalue weighted by Crippen LogP contribution is 2.31. The van der Waals surface area contributed by atoms with Crippen LogP contribution in [0.3, 0.4) is 0 Å². The Labute approximate surface area is 156 Å². The zero-order valence-corrected chi connectivity index (χ0v) is 14.6. The zero-order valence-electron chi connectivity index (χ0n) is 14.6. The SMILES string of the molecule is O=C(Nc1cccc(F)c1)N1CCCC[C@H]1c1nc(-c2ccccc2)no1. The highest BCUT2D eigenvalue weighted by molar-refractivity contribution is 5.89. The zero-order chi connectivity index (χ0) is 18.6. The van der Waals surface area contributed by atoms with Gasteiger partial charge in [-0.1, -0.05) is 41.6 Å². The number of piperidine rings is 1. The predicted molar refractivity (Wildman–Crippen MR) is 98.5 cm³/mol. The van der Waals surface area contributed by atoms with Gasteiger partial charge in [0.2, 0.25) is 11.7 Å². The number of carbonyl (C=O) groups excluding carboxylic acids is 1. The molecule has 0 aliphatic carbocycles. The van der Waals surface area contributed by atoms with E-state index in [9.17, 15) is 9.18 Å². The van der Waals surface area contributed by atoms with E-state index in [1.807, 2.05) is 30.3 Å². The van der Waals surface area contributed by atoms with E-state index >= 15 is 0 Å². The molecule has 138 valence electrons. The van der Waals surface area contributed by atoms with E-state index in [1.165, 1.54) is 12.1 Å². The van der Waals surface area contributed by atoms with Crippen molar-refractivity contribution in [3.8, 4) is 11.4 Å². The van der Waals surface area contributed by atoms with Gasteiger partial charge in [-0.25, -0.2) is 9.18 Å².